The average Bonchev–Trinajstić information content (AvgIpc) is 3.23. The molecule has 1 aliphatic heterocycles. The molecule has 3 rings (SSSR count). The van der Waals surface area contributed by atoms with Gasteiger partial charge in [0, 0.05) is 12.1 Å². The molecule has 0 bridgehead atoms. The third-order valence-electron chi connectivity index (χ3n) is 6.65. The van der Waals surface area contributed by atoms with Crippen molar-refractivity contribution in [3.63, 3.8) is 0 Å². The summed E-state index contributed by atoms with van der Waals surface area (Å²) in [6, 6.07) is 0. The zero-order valence-electron chi connectivity index (χ0n) is 18.6. The summed E-state index contributed by atoms with van der Waals surface area (Å²) in [6.07, 6.45) is 15.4. The van der Waals surface area contributed by atoms with Crippen LogP contribution in [-0.4, -0.2) is 25.5 Å². The van der Waals surface area contributed by atoms with Crippen molar-refractivity contribution < 1.29 is 9.84 Å². The van der Waals surface area contributed by atoms with Gasteiger partial charge in [0.2, 0.25) is 0 Å². The number of aromatic hydroxyl groups is 1. The monoisotopic (exact) mass is 399 g/mol. The summed E-state index contributed by atoms with van der Waals surface area (Å²) >= 11 is 0. The van der Waals surface area contributed by atoms with Gasteiger partial charge in [0.15, 0.2) is 0 Å². The number of phenolic OH excluding ortho intramolecular Hbond substituents is 1. The number of hydrogen-bond acceptors (Lipinski definition) is 4. The largest absolute Gasteiger partial charge is 0.507 e. The number of aryl methyl sites for hydroxylation is 1. The fourth-order valence-corrected chi connectivity index (χ4v) is 4.48. The maximum absolute atomic E-state index is 10.3. The van der Waals surface area contributed by atoms with Gasteiger partial charge in [-0.25, -0.2) is 4.98 Å². The fraction of sp³-hybridized carbons (Fsp3) is 0.667. The Morgan fingerprint density at radius 3 is 2.38 bits per heavy atom. The Morgan fingerprint density at radius 2 is 1.69 bits per heavy atom. The summed E-state index contributed by atoms with van der Waals surface area (Å²) in [6.45, 7) is 9.31. The molecule has 2 heterocycles. The lowest BCUT2D eigenvalue weighted by Gasteiger charge is -2.38. The fourth-order valence-electron chi connectivity index (χ4n) is 4.48. The zero-order valence-corrected chi connectivity index (χ0v) is 18.6. The molecule has 1 aromatic carbocycles. The van der Waals surface area contributed by atoms with Crippen molar-refractivity contribution in [3.8, 4) is 11.5 Å². The van der Waals surface area contributed by atoms with E-state index in [0.29, 0.717) is 5.75 Å². The first-order valence-electron chi connectivity index (χ1n) is 11.2. The Labute approximate surface area is 175 Å². The molecule has 0 amide bonds. The first-order chi connectivity index (χ1) is 13.9. The van der Waals surface area contributed by atoms with E-state index in [9.17, 15) is 5.11 Å². The van der Waals surface area contributed by atoms with Crippen molar-refractivity contribution in [1.82, 2.24) is 14.8 Å². The van der Waals surface area contributed by atoms with Crippen LogP contribution in [0.5, 0.6) is 11.5 Å². The van der Waals surface area contributed by atoms with Crippen LogP contribution in [0.15, 0.2) is 12.7 Å². The van der Waals surface area contributed by atoms with Crippen molar-refractivity contribution in [2.75, 3.05) is 0 Å². The highest BCUT2D eigenvalue weighted by Crippen LogP contribution is 2.44. The van der Waals surface area contributed by atoms with E-state index in [1.54, 1.807) is 12.7 Å². The molecule has 2 aromatic rings. The molecule has 5 heteroatoms. The molecule has 160 valence electrons. The van der Waals surface area contributed by atoms with Crippen molar-refractivity contribution >= 4 is 0 Å². The third kappa shape index (κ3) is 5.31. The number of rotatable bonds is 10. The standard InChI is InChI=1S/C24H37N3O2/c1-18-19(2)23-21(20(3)22(18)28)12-14-24(4,29-23)13-10-8-6-5-7-9-11-15-27-17-25-16-26-27/h16-17,28H,5-15H2,1-4H3/t24-/m1/s1. The minimum atomic E-state index is -0.0780. The van der Waals surface area contributed by atoms with E-state index in [1.807, 2.05) is 18.5 Å². The maximum atomic E-state index is 10.3. The van der Waals surface area contributed by atoms with Crippen molar-refractivity contribution in [1.29, 1.82) is 0 Å². The van der Waals surface area contributed by atoms with Gasteiger partial charge in [0.1, 0.15) is 29.8 Å². The summed E-state index contributed by atoms with van der Waals surface area (Å²) in [5.74, 6) is 1.47. The first-order valence-corrected chi connectivity index (χ1v) is 11.2. The molecule has 0 spiro atoms. The second kappa shape index (κ2) is 9.64. The Balaban J connectivity index is 1.36. The van der Waals surface area contributed by atoms with Crippen molar-refractivity contribution in [2.45, 2.75) is 104 Å². The molecule has 1 atom stereocenters. The number of unbranched alkanes of at least 4 members (excludes halogenated alkanes) is 6. The molecule has 0 radical (unpaired) electrons. The summed E-state index contributed by atoms with van der Waals surface area (Å²) in [5.41, 5.74) is 4.17. The first kappa shape index (κ1) is 21.7. The van der Waals surface area contributed by atoms with Crippen LogP contribution in [0.25, 0.3) is 0 Å². The van der Waals surface area contributed by atoms with Crippen LogP contribution in [0.1, 0.15) is 87.0 Å². The van der Waals surface area contributed by atoms with E-state index in [0.717, 1.165) is 48.2 Å². The number of phenols is 1. The Bertz CT molecular complexity index is 801. The van der Waals surface area contributed by atoms with Gasteiger partial charge in [0.25, 0.3) is 0 Å². The van der Waals surface area contributed by atoms with E-state index in [-0.39, 0.29) is 5.60 Å². The van der Waals surface area contributed by atoms with Crippen molar-refractivity contribution in [2.24, 2.45) is 0 Å². The Kier molecular flexibility index (Phi) is 7.20. The van der Waals surface area contributed by atoms with E-state index in [2.05, 4.69) is 23.9 Å². The third-order valence-corrected chi connectivity index (χ3v) is 6.65. The number of nitrogens with zero attached hydrogens (tertiary/aromatic N) is 3. The van der Waals surface area contributed by atoms with Gasteiger partial charge in [-0.3, -0.25) is 4.68 Å². The van der Waals surface area contributed by atoms with Crippen LogP contribution in [0, 0.1) is 20.8 Å². The zero-order chi connectivity index (χ0) is 20.9. The van der Waals surface area contributed by atoms with E-state index >= 15 is 0 Å². The number of benzene rings is 1. The second-order valence-corrected chi connectivity index (χ2v) is 8.97. The molecule has 0 aliphatic carbocycles. The predicted octanol–water partition coefficient (Wildman–Crippen LogP) is 5.81. The molecule has 1 aliphatic rings. The van der Waals surface area contributed by atoms with Crippen LogP contribution >= 0.6 is 0 Å². The van der Waals surface area contributed by atoms with E-state index < -0.39 is 0 Å². The van der Waals surface area contributed by atoms with Crippen LogP contribution < -0.4 is 4.74 Å². The lowest BCUT2D eigenvalue weighted by atomic mass is 9.84. The highest BCUT2D eigenvalue weighted by molar-refractivity contribution is 5.58. The molecular formula is C24H37N3O2. The van der Waals surface area contributed by atoms with Crippen LogP contribution in [0.2, 0.25) is 0 Å². The molecule has 0 fully saturated rings. The number of hydrogen-bond donors (Lipinski definition) is 1. The summed E-state index contributed by atoms with van der Waals surface area (Å²) in [4.78, 5) is 3.98. The van der Waals surface area contributed by atoms with Gasteiger partial charge in [-0.05, 0) is 76.5 Å². The smallest absolute Gasteiger partial charge is 0.137 e. The second-order valence-electron chi connectivity index (χ2n) is 8.97. The predicted molar refractivity (Wildman–Crippen MR) is 117 cm³/mol. The quantitative estimate of drug-likeness (QED) is 0.512. The van der Waals surface area contributed by atoms with Crippen LogP contribution in [0.3, 0.4) is 0 Å². The average molecular weight is 400 g/mol. The molecule has 29 heavy (non-hydrogen) atoms. The highest BCUT2D eigenvalue weighted by atomic mass is 16.5. The van der Waals surface area contributed by atoms with Gasteiger partial charge in [0.05, 0.1) is 0 Å². The number of fused-ring (bicyclic) bond motifs is 1. The van der Waals surface area contributed by atoms with Gasteiger partial charge >= 0.3 is 0 Å². The van der Waals surface area contributed by atoms with Gasteiger partial charge < -0.3 is 9.84 Å². The van der Waals surface area contributed by atoms with Crippen LogP contribution in [0.4, 0.5) is 0 Å². The lowest BCUT2D eigenvalue weighted by molar-refractivity contribution is 0.0521. The minimum absolute atomic E-state index is 0.0780. The van der Waals surface area contributed by atoms with E-state index in [4.69, 9.17) is 4.74 Å². The minimum Gasteiger partial charge on any atom is -0.507 e. The molecule has 5 nitrogen and oxygen atoms in total. The maximum Gasteiger partial charge on any atom is 0.137 e. The topological polar surface area (TPSA) is 60.2 Å². The Hall–Kier alpha value is -2.04. The van der Waals surface area contributed by atoms with Crippen molar-refractivity contribution in [3.05, 3.63) is 34.9 Å². The summed E-state index contributed by atoms with van der Waals surface area (Å²) in [7, 11) is 0. The summed E-state index contributed by atoms with van der Waals surface area (Å²) < 4.78 is 8.45. The molecular weight excluding hydrogens is 362 g/mol. The van der Waals surface area contributed by atoms with Gasteiger partial charge in [-0.2, -0.15) is 5.10 Å². The molecule has 0 saturated carbocycles. The Morgan fingerprint density at radius 1 is 1.00 bits per heavy atom. The SMILES string of the molecule is Cc1c(C)c2c(c(C)c1O)CC[C@@](C)(CCCCCCCCCn1cncn1)O2. The number of aromatic nitrogens is 3. The highest BCUT2D eigenvalue weighted by Gasteiger charge is 2.34. The van der Waals surface area contributed by atoms with Gasteiger partial charge in [-0.1, -0.05) is 32.1 Å². The molecule has 0 saturated heterocycles. The normalized spacial score (nSPS) is 18.5. The molecule has 0 unspecified atom stereocenters. The van der Waals surface area contributed by atoms with Gasteiger partial charge in [-0.15, -0.1) is 0 Å². The lowest BCUT2D eigenvalue weighted by Crippen LogP contribution is -2.37. The molecule has 1 aromatic heterocycles. The number of ether oxygens (including phenoxy) is 1. The van der Waals surface area contributed by atoms with Crippen LogP contribution in [-0.2, 0) is 13.0 Å². The summed E-state index contributed by atoms with van der Waals surface area (Å²) in [5, 5.41) is 14.5. The molecule has 1 N–H and O–H groups in total. The van der Waals surface area contributed by atoms with E-state index in [1.165, 1.54) is 50.5 Å².